The lowest BCUT2D eigenvalue weighted by Gasteiger charge is -2.11. The first kappa shape index (κ1) is 32.7. The van der Waals surface area contributed by atoms with Crippen LogP contribution in [0.25, 0.3) is 111 Å². The predicted molar refractivity (Wildman–Crippen MR) is 235 cm³/mol. The van der Waals surface area contributed by atoms with Crippen molar-refractivity contribution in [1.82, 2.24) is 15.0 Å². The molecule has 0 saturated carbocycles. The van der Waals surface area contributed by atoms with Crippen LogP contribution in [-0.2, 0) is 0 Å². The van der Waals surface area contributed by atoms with Crippen LogP contribution in [-0.4, -0.2) is 15.0 Å². The van der Waals surface area contributed by atoms with Crippen molar-refractivity contribution in [3.63, 3.8) is 0 Å². The number of furan rings is 1. The van der Waals surface area contributed by atoms with Gasteiger partial charge in [0.2, 0.25) is 0 Å². The van der Waals surface area contributed by atoms with E-state index in [0.29, 0.717) is 5.82 Å². The maximum atomic E-state index is 6.55. The lowest BCUT2D eigenvalue weighted by atomic mass is 9.98. The summed E-state index contributed by atoms with van der Waals surface area (Å²) in [4.78, 5) is 15.4. The molecule has 0 saturated heterocycles. The van der Waals surface area contributed by atoms with Crippen molar-refractivity contribution >= 4 is 43.6 Å². The summed E-state index contributed by atoms with van der Waals surface area (Å²) in [5.74, 6) is 0.696. The molecular formula is C53H33N3O. The number of hydrogen-bond donors (Lipinski definition) is 0. The van der Waals surface area contributed by atoms with E-state index in [9.17, 15) is 0 Å². The smallest absolute Gasteiger partial charge is 0.162 e. The molecule has 4 heteroatoms. The van der Waals surface area contributed by atoms with Gasteiger partial charge in [-0.1, -0.05) is 170 Å². The maximum absolute atomic E-state index is 6.55. The zero-order chi connectivity index (χ0) is 37.7. The minimum absolute atomic E-state index is 0.696. The fourth-order valence-corrected chi connectivity index (χ4v) is 7.97. The highest BCUT2D eigenvalue weighted by molar-refractivity contribution is 6.22. The predicted octanol–water partition coefficient (Wildman–Crippen LogP) is 14.1. The highest BCUT2D eigenvalue weighted by Crippen LogP contribution is 2.41. The molecule has 3 aromatic heterocycles. The van der Waals surface area contributed by atoms with Gasteiger partial charge in [0, 0.05) is 38.4 Å². The first-order valence-corrected chi connectivity index (χ1v) is 19.2. The largest absolute Gasteiger partial charge is 0.454 e. The van der Waals surface area contributed by atoms with Gasteiger partial charge in [-0.05, 0) is 63.4 Å². The summed E-state index contributed by atoms with van der Waals surface area (Å²) in [5, 5.41) is 5.65. The van der Waals surface area contributed by atoms with Crippen LogP contribution in [0.2, 0.25) is 0 Å². The highest BCUT2D eigenvalue weighted by atomic mass is 16.3. The summed E-state index contributed by atoms with van der Waals surface area (Å²) < 4.78 is 6.55. The van der Waals surface area contributed by atoms with Crippen LogP contribution >= 0.6 is 0 Å². The van der Waals surface area contributed by atoms with Crippen LogP contribution in [0, 0.1) is 0 Å². The summed E-state index contributed by atoms with van der Waals surface area (Å²) in [6.07, 6.45) is 0. The Labute approximate surface area is 329 Å². The van der Waals surface area contributed by atoms with E-state index in [0.717, 1.165) is 88.9 Å². The van der Waals surface area contributed by atoms with Crippen molar-refractivity contribution in [2.24, 2.45) is 0 Å². The molecule has 0 amide bonds. The van der Waals surface area contributed by atoms with Crippen molar-refractivity contribution in [3.05, 3.63) is 200 Å². The summed E-state index contributed by atoms with van der Waals surface area (Å²) >= 11 is 0. The maximum Gasteiger partial charge on any atom is 0.162 e. The number of aromatic nitrogens is 3. The highest BCUT2D eigenvalue weighted by Gasteiger charge is 2.19. The van der Waals surface area contributed by atoms with Crippen LogP contribution in [0.4, 0.5) is 0 Å². The number of fused-ring (bicyclic) bond motifs is 6. The van der Waals surface area contributed by atoms with Gasteiger partial charge >= 0.3 is 0 Å². The van der Waals surface area contributed by atoms with E-state index < -0.39 is 0 Å². The van der Waals surface area contributed by atoms with Gasteiger partial charge in [-0.15, -0.1) is 0 Å². The van der Waals surface area contributed by atoms with E-state index in [-0.39, 0.29) is 0 Å². The van der Waals surface area contributed by atoms with E-state index in [4.69, 9.17) is 19.4 Å². The summed E-state index contributed by atoms with van der Waals surface area (Å²) in [7, 11) is 0. The van der Waals surface area contributed by atoms with Crippen molar-refractivity contribution in [2.45, 2.75) is 0 Å². The van der Waals surface area contributed by atoms with Crippen LogP contribution in [0.3, 0.4) is 0 Å². The Morgan fingerprint density at radius 2 is 0.877 bits per heavy atom. The summed E-state index contributed by atoms with van der Waals surface area (Å²) in [6.45, 7) is 0. The minimum Gasteiger partial charge on any atom is -0.454 e. The van der Waals surface area contributed by atoms with Gasteiger partial charge < -0.3 is 4.42 Å². The van der Waals surface area contributed by atoms with Crippen molar-refractivity contribution in [1.29, 1.82) is 0 Å². The molecule has 0 N–H and O–H groups in total. The SMILES string of the molecule is c1ccc(-c2cccc(-c3cc(-c4ccc(-c5ccc(-c6nc7cc8ccccc8cc7c7c6oc6ccccc67)cc5)cc4)nc(-c4ccccc4)n3)c2)cc1. The van der Waals surface area contributed by atoms with Crippen LogP contribution in [0.5, 0.6) is 0 Å². The Hall–Kier alpha value is -7.69. The second-order valence-corrected chi connectivity index (χ2v) is 14.4. The molecule has 266 valence electrons. The fraction of sp³-hybridized carbons (Fsp3) is 0. The van der Waals surface area contributed by atoms with Gasteiger partial charge in [0.25, 0.3) is 0 Å². The molecule has 8 aromatic carbocycles. The van der Waals surface area contributed by atoms with Gasteiger partial charge in [-0.25, -0.2) is 15.0 Å². The van der Waals surface area contributed by atoms with Crippen LogP contribution < -0.4 is 0 Å². The lowest BCUT2D eigenvalue weighted by molar-refractivity contribution is 0.669. The third kappa shape index (κ3) is 5.92. The molecule has 0 bridgehead atoms. The average molecular weight is 728 g/mol. The zero-order valence-corrected chi connectivity index (χ0v) is 30.8. The van der Waals surface area contributed by atoms with E-state index in [1.807, 2.05) is 36.4 Å². The number of para-hydroxylation sites is 1. The van der Waals surface area contributed by atoms with Gasteiger partial charge in [0.1, 0.15) is 11.3 Å². The standard InChI is InChI=1S/C53H33N3O/c1-3-12-34(13-4-1)40-18-11-19-43(30-40)47-33-46(55-53(56-47)39-14-5-2-6-15-39)37-26-22-35(23-27-37)36-24-28-38(29-25-36)51-52-50(44-20-9-10-21-49(44)57-52)45-31-41-16-7-8-17-42(41)32-48(45)54-51/h1-33H. The Kier molecular flexibility index (Phi) is 7.78. The van der Waals surface area contributed by atoms with Crippen molar-refractivity contribution < 1.29 is 4.42 Å². The van der Waals surface area contributed by atoms with Gasteiger partial charge in [0.15, 0.2) is 11.4 Å². The zero-order valence-electron chi connectivity index (χ0n) is 30.8. The van der Waals surface area contributed by atoms with Crippen molar-refractivity contribution in [3.8, 4) is 67.4 Å². The number of rotatable bonds is 6. The lowest BCUT2D eigenvalue weighted by Crippen LogP contribution is -1.96. The third-order valence-electron chi connectivity index (χ3n) is 10.9. The van der Waals surface area contributed by atoms with Gasteiger partial charge in [-0.2, -0.15) is 0 Å². The molecule has 0 atom stereocenters. The minimum atomic E-state index is 0.696. The molecule has 4 nitrogen and oxygen atoms in total. The Morgan fingerprint density at radius 1 is 0.333 bits per heavy atom. The summed E-state index contributed by atoms with van der Waals surface area (Å²) in [5.41, 5.74) is 13.8. The third-order valence-corrected chi connectivity index (χ3v) is 10.9. The average Bonchev–Trinajstić information content (AvgIpc) is 3.69. The molecule has 0 aliphatic carbocycles. The monoisotopic (exact) mass is 727 g/mol. The Balaban J connectivity index is 0.958. The molecule has 3 heterocycles. The quantitative estimate of drug-likeness (QED) is 0.160. The van der Waals surface area contributed by atoms with Crippen LogP contribution in [0.15, 0.2) is 205 Å². The first-order valence-electron chi connectivity index (χ1n) is 19.2. The van der Waals surface area contributed by atoms with Gasteiger partial charge in [-0.3, -0.25) is 0 Å². The molecule has 0 fully saturated rings. The number of nitrogens with zero attached hydrogens (tertiary/aromatic N) is 3. The Morgan fingerprint density at radius 3 is 1.61 bits per heavy atom. The Bertz CT molecular complexity index is 3260. The molecule has 11 aromatic rings. The topological polar surface area (TPSA) is 51.8 Å². The summed E-state index contributed by atoms with van der Waals surface area (Å²) in [6, 6.07) is 69.7. The molecule has 0 unspecified atom stereocenters. The second kappa shape index (κ2) is 13.6. The molecule has 0 aliphatic rings. The molecular weight excluding hydrogens is 695 g/mol. The fourth-order valence-electron chi connectivity index (χ4n) is 7.97. The van der Waals surface area contributed by atoms with E-state index in [2.05, 4.69) is 164 Å². The molecule has 11 rings (SSSR count). The van der Waals surface area contributed by atoms with Crippen molar-refractivity contribution in [2.75, 3.05) is 0 Å². The van der Waals surface area contributed by atoms with E-state index in [1.165, 1.54) is 16.3 Å². The number of hydrogen-bond acceptors (Lipinski definition) is 4. The van der Waals surface area contributed by atoms with Crippen LogP contribution in [0.1, 0.15) is 0 Å². The van der Waals surface area contributed by atoms with E-state index in [1.54, 1.807) is 0 Å². The van der Waals surface area contributed by atoms with Gasteiger partial charge in [0.05, 0.1) is 16.9 Å². The molecule has 0 radical (unpaired) electrons. The first-order chi connectivity index (χ1) is 28.2. The number of benzene rings is 8. The number of pyridine rings is 1. The van der Waals surface area contributed by atoms with E-state index >= 15 is 0 Å². The molecule has 57 heavy (non-hydrogen) atoms. The normalized spacial score (nSPS) is 11.5. The molecule has 0 spiro atoms. The molecule has 0 aliphatic heterocycles. The second-order valence-electron chi connectivity index (χ2n) is 14.4.